The lowest BCUT2D eigenvalue weighted by atomic mass is 9.97. The van der Waals surface area contributed by atoms with E-state index in [1.165, 1.54) is 6.92 Å². The Labute approximate surface area is 200 Å². The van der Waals surface area contributed by atoms with E-state index in [1.807, 2.05) is 25.1 Å². The Balaban J connectivity index is 2.77. The number of nitrogens with one attached hydrogen (secondary N) is 2. The fourth-order valence-corrected chi connectivity index (χ4v) is 3.05. The first-order chi connectivity index (χ1) is 16.1. The Bertz CT molecular complexity index is 813. The zero-order valence-electron chi connectivity index (χ0n) is 20.1. The number of amides is 2. The van der Waals surface area contributed by atoms with E-state index in [9.17, 15) is 19.5 Å². The molecule has 1 aromatic carbocycles. The number of aliphatic imine (C=N–C) groups is 1. The van der Waals surface area contributed by atoms with Crippen LogP contribution < -0.4 is 27.8 Å². The lowest BCUT2D eigenvalue weighted by Gasteiger charge is -2.28. The third-order valence-electron chi connectivity index (χ3n) is 5.36. The summed E-state index contributed by atoms with van der Waals surface area (Å²) in [6.45, 7) is 5.36. The molecule has 0 unspecified atom stereocenters. The SMILES string of the molecule is CC[C@H](C)[C@H](NC(=O)[C@H](N)CCCN=C(N)N)C(=O)N[C@H](C(=O)OCc1ccccc1)[C@H](C)O. The van der Waals surface area contributed by atoms with Crippen LogP contribution in [-0.4, -0.2) is 59.6 Å². The largest absolute Gasteiger partial charge is 0.459 e. The summed E-state index contributed by atoms with van der Waals surface area (Å²) in [5.74, 6) is -2.20. The van der Waals surface area contributed by atoms with Gasteiger partial charge in [-0.3, -0.25) is 14.6 Å². The van der Waals surface area contributed by atoms with E-state index < -0.39 is 42.0 Å². The molecular formula is C23H38N6O5. The molecule has 11 nitrogen and oxygen atoms in total. The first kappa shape index (κ1) is 28.9. The van der Waals surface area contributed by atoms with E-state index in [-0.39, 0.29) is 18.5 Å². The second-order valence-electron chi connectivity index (χ2n) is 8.25. The molecule has 0 saturated carbocycles. The first-order valence-electron chi connectivity index (χ1n) is 11.4. The Kier molecular flexibility index (Phi) is 12.6. The maximum absolute atomic E-state index is 13.0. The van der Waals surface area contributed by atoms with Crippen LogP contribution in [0, 0.1) is 5.92 Å². The molecule has 0 saturated heterocycles. The van der Waals surface area contributed by atoms with Crippen molar-refractivity contribution in [3.63, 3.8) is 0 Å². The zero-order valence-corrected chi connectivity index (χ0v) is 20.1. The van der Waals surface area contributed by atoms with Gasteiger partial charge in [0.2, 0.25) is 11.8 Å². The average molecular weight is 479 g/mol. The maximum atomic E-state index is 13.0. The number of aliphatic hydroxyl groups is 1. The molecule has 1 rings (SSSR count). The third-order valence-corrected chi connectivity index (χ3v) is 5.36. The lowest BCUT2D eigenvalue weighted by Crippen LogP contribution is -2.58. The highest BCUT2D eigenvalue weighted by Gasteiger charge is 2.33. The molecule has 2 amide bonds. The van der Waals surface area contributed by atoms with Crippen LogP contribution in [0.4, 0.5) is 0 Å². The molecule has 5 atom stereocenters. The number of carbonyl (C=O) groups excluding carboxylic acids is 3. The van der Waals surface area contributed by atoms with Crippen LogP contribution in [0.25, 0.3) is 0 Å². The van der Waals surface area contributed by atoms with Gasteiger partial charge in [-0.2, -0.15) is 0 Å². The smallest absolute Gasteiger partial charge is 0.331 e. The minimum absolute atomic E-state index is 0.000996. The Hall–Kier alpha value is -3.18. The highest BCUT2D eigenvalue weighted by Crippen LogP contribution is 2.11. The van der Waals surface area contributed by atoms with Gasteiger partial charge >= 0.3 is 5.97 Å². The van der Waals surface area contributed by atoms with Gasteiger partial charge in [-0.25, -0.2) is 4.79 Å². The summed E-state index contributed by atoms with van der Waals surface area (Å²) in [7, 11) is 0. The molecule has 0 spiro atoms. The topological polar surface area (TPSA) is 195 Å². The fourth-order valence-electron chi connectivity index (χ4n) is 3.05. The van der Waals surface area contributed by atoms with E-state index in [0.717, 1.165) is 5.56 Å². The number of aliphatic hydroxyl groups excluding tert-OH is 1. The molecule has 9 N–H and O–H groups in total. The van der Waals surface area contributed by atoms with E-state index in [1.54, 1.807) is 19.1 Å². The summed E-state index contributed by atoms with van der Waals surface area (Å²) >= 11 is 0. The number of hydrogen-bond acceptors (Lipinski definition) is 7. The highest BCUT2D eigenvalue weighted by molar-refractivity contribution is 5.92. The fraction of sp³-hybridized carbons (Fsp3) is 0.565. The Morgan fingerprint density at radius 1 is 1.06 bits per heavy atom. The molecule has 11 heteroatoms. The second kappa shape index (κ2) is 14.9. The van der Waals surface area contributed by atoms with Crippen molar-refractivity contribution >= 4 is 23.7 Å². The van der Waals surface area contributed by atoms with E-state index in [2.05, 4.69) is 15.6 Å². The van der Waals surface area contributed by atoms with Crippen LogP contribution in [-0.2, 0) is 25.7 Å². The number of esters is 1. The molecule has 0 aliphatic carbocycles. The van der Waals surface area contributed by atoms with Crippen LogP contribution in [0.1, 0.15) is 45.6 Å². The highest BCUT2D eigenvalue weighted by atomic mass is 16.5. The van der Waals surface area contributed by atoms with Gasteiger partial charge in [0.05, 0.1) is 12.1 Å². The second-order valence-corrected chi connectivity index (χ2v) is 8.25. The van der Waals surface area contributed by atoms with Crippen LogP contribution in [0.3, 0.4) is 0 Å². The van der Waals surface area contributed by atoms with Crippen LogP contribution in [0.5, 0.6) is 0 Å². The van der Waals surface area contributed by atoms with Crippen molar-refractivity contribution in [1.82, 2.24) is 10.6 Å². The number of ether oxygens (including phenoxy) is 1. The molecular weight excluding hydrogens is 440 g/mol. The predicted octanol–water partition coefficient (Wildman–Crippen LogP) is -0.493. The van der Waals surface area contributed by atoms with Gasteiger partial charge in [0.15, 0.2) is 12.0 Å². The predicted molar refractivity (Wildman–Crippen MR) is 129 cm³/mol. The number of guanidine groups is 1. The van der Waals surface area contributed by atoms with Crippen LogP contribution in [0.2, 0.25) is 0 Å². The molecule has 0 heterocycles. The van der Waals surface area contributed by atoms with Gasteiger partial charge in [-0.05, 0) is 31.2 Å². The molecule has 190 valence electrons. The molecule has 34 heavy (non-hydrogen) atoms. The van der Waals surface area contributed by atoms with Crippen molar-refractivity contribution in [3.8, 4) is 0 Å². The van der Waals surface area contributed by atoms with E-state index >= 15 is 0 Å². The average Bonchev–Trinajstić information content (AvgIpc) is 2.81. The molecule has 0 aliphatic rings. The normalized spacial score (nSPS) is 15.2. The zero-order chi connectivity index (χ0) is 25.7. The van der Waals surface area contributed by atoms with Crippen molar-refractivity contribution in [2.24, 2.45) is 28.1 Å². The van der Waals surface area contributed by atoms with E-state index in [4.69, 9.17) is 21.9 Å². The minimum Gasteiger partial charge on any atom is -0.459 e. The molecule has 0 radical (unpaired) electrons. The Morgan fingerprint density at radius 2 is 1.68 bits per heavy atom. The Morgan fingerprint density at radius 3 is 2.24 bits per heavy atom. The molecule has 1 aromatic rings. The maximum Gasteiger partial charge on any atom is 0.331 e. The van der Waals surface area contributed by atoms with Crippen molar-refractivity contribution in [2.45, 2.75) is 70.9 Å². The third kappa shape index (κ3) is 10.2. The van der Waals surface area contributed by atoms with Crippen LogP contribution >= 0.6 is 0 Å². The van der Waals surface area contributed by atoms with Gasteiger partial charge in [0, 0.05) is 6.54 Å². The van der Waals surface area contributed by atoms with Gasteiger partial charge < -0.3 is 37.7 Å². The quantitative estimate of drug-likeness (QED) is 0.0891. The summed E-state index contributed by atoms with van der Waals surface area (Å²) in [6, 6.07) is 5.92. The number of carbonyl (C=O) groups is 3. The lowest BCUT2D eigenvalue weighted by molar-refractivity contribution is -0.152. The molecule has 0 aliphatic heterocycles. The summed E-state index contributed by atoms with van der Waals surface area (Å²) in [5.41, 5.74) is 17.3. The molecule has 0 bridgehead atoms. The van der Waals surface area contributed by atoms with Gasteiger partial charge in [0.25, 0.3) is 0 Å². The first-order valence-corrected chi connectivity index (χ1v) is 11.4. The number of nitrogens with zero attached hydrogens (tertiary/aromatic N) is 1. The summed E-state index contributed by atoms with van der Waals surface area (Å²) in [6.07, 6.45) is 0.178. The van der Waals surface area contributed by atoms with E-state index in [0.29, 0.717) is 25.8 Å². The van der Waals surface area contributed by atoms with Crippen LogP contribution in [0.15, 0.2) is 35.3 Å². The van der Waals surface area contributed by atoms with Crippen molar-refractivity contribution in [2.75, 3.05) is 6.54 Å². The van der Waals surface area contributed by atoms with Crippen molar-refractivity contribution in [1.29, 1.82) is 0 Å². The minimum atomic E-state index is -1.30. The number of nitrogens with two attached hydrogens (primary N) is 3. The molecule has 0 fully saturated rings. The van der Waals surface area contributed by atoms with Gasteiger partial charge in [0.1, 0.15) is 12.6 Å². The van der Waals surface area contributed by atoms with Crippen molar-refractivity contribution in [3.05, 3.63) is 35.9 Å². The number of rotatable bonds is 14. The summed E-state index contributed by atoms with van der Waals surface area (Å²) < 4.78 is 5.26. The monoisotopic (exact) mass is 478 g/mol. The summed E-state index contributed by atoms with van der Waals surface area (Å²) in [4.78, 5) is 42.0. The number of hydrogen-bond donors (Lipinski definition) is 6. The van der Waals surface area contributed by atoms with Gasteiger partial charge in [-0.15, -0.1) is 0 Å². The summed E-state index contributed by atoms with van der Waals surface area (Å²) in [5, 5.41) is 15.3. The number of benzene rings is 1. The van der Waals surface area contributed by atoms with Crippen molar-refractivity contribution < 1.29 is 24.2 Å². The van der Waals surface area contributed by atoms with Gasteiger partial charge in [-0.1, -0.05) is 50.6 Å². The standard InChI is InChI=1S/C23H38N6O5/c1-4-14(2)18(28-20(31)17(24)11-8-12-27-23(25)26)21(32)29-19(15(3)30)22(33)34-13-16-9-6-5-7-10-16/h5-7,9-10,14-15,17-19,30H,4,8,11-13,24H2,1-3H3,(H,28,31)(H,29,32)(H4,25,26,27)/t14-,15-,17+,18-,19-/m0/s1. The molecule has 0 aromatic heterocycles.